The Labute approximate surface area is 164 Å². The average molecular weight is 393 g/mol. The lowest BCUT2D eigenvalue weighted by Gasteiger charge is -2.09. The number of carbonyl (C=O) groups is 1. The number of cyclic esters (lactones) is 1. The SMILES string of the molecule is O=C1OC(c2ccc(-c3ccccc3)cc2)=NC1=Cc1ccccc1C(F)(F)F. The lowest BCUT2D eigenvalue weighted by molar-refractivity contribution is -0.137. The molecule has 1 aliphatic rings. The van der Waals surface area contributed by atoms with Crippen LogP contribution in [0.3, 0.4) is 0 Å². The van der Waals surface area contributed by atoms with E-state index in [1.54, 1.807) is 12.1 Å². The van der Waals surface area contributed by atoms with Gasteiger partial charge in [-0.3, -0.25) is 0 Å². The fourth-order valence-electron chi connectivity index (χ4n) is 3.00. The summed E-state index contributed by atoms with van der Waals surface area (Å²) >= 11 is 0. The van der Waals surface area contributed by atoms with Crippen LogP contribution in [-0.2, 0) is 15.7 Å². The normalized spacial score (nSPS) is 15.3. The van der Waals surface area contributed by atoms with Crippen LogP contribution in [-0.4, -0.2) is 11.9 Å². The van der Waals surface area contributed by atoms with Gasteiger partial charge in [-0.2, -0.15) is 13.2 Å². The zero-order chi connectivity index (χ0) is 20.4. The first-order valence-corrected chi connectivity index (χ1v) is 8.76. The fraction of sp³-hybridized carbons (Fsp3) is 0.0435. The van der Waals surface area contributed by atoms with Crippen molar-refractivity contribution in [1.29, 1.82) is 0 Å². The number of hydrogen-bond donors (Lipinski definition) is 0. The number of benzene rings is 3. The summed E-state index contributed by atoms with van der Waals surface area (Å²) in [5.41, 5.74) is 1.42. The summed E-state index contributed by atoms with van der Waals surface area (Å²) in [6.45, 7) is 0. The molecule has 0 fully saturated rings. The van der Waals surface area contributed by atoms with Gasteiger partial charge < -0.3 is 4.74 Å². The summed E-state index contributed by atoms with van der Waals surface area (Å²) in [5.74, 6) is -0.727. The standard InChI is InChI=1S/C23H14F3NO2/c24-23(25,26)19-9-5-4-8-18(19)14-20-22(28)29-21(27-20)17-12-10-16(11-13-17)15-6-2-1-3-7-15/h1-14H. The molecule has 0 aliphatic carbocycles. The minimum Gasteiger partial charge on any atom is -0.402 e. The largest absolute Gasteiger partial charge is 0.416 e. The molecule has 0 radical (unpaired) electrons. The number of alkyl halides is 3. The molecule has 144 valence electrons. The summed E-state index contributed by atoms with van der Waals surface area (Å²) < 4.78 is 44.6. The molecule has 0 N–H and O–H groups in total. The Balaban J connectivity index is 1.64. The average Bonchev–Trinajstić information content (AvgIpc) is 3.09. The lowest BCUT2D eigenvalue weighted by atomic mass is 10.0. The quantitative estimate of drug-likeness (QED) is 0.422. The second-order valence-electron chi connectivity index (χ2n) is 6.36. The Bertz CT molecular complexity index is 1110. The van der Waals surface area contributed by atoms with Crippen LogP contribution < -0.4 is 0 Å². The first kappa shape index (κ1) is 18.7. The van der Waals surface area contributed by atoms with Gasteiger partial charge in [0.2, 0.25) is 5.90 Å². The second kappa shape index (κ2) is 7.39. The highest BCUT2D eigenvalue weighted by Gasteiger charge is 2.33. The number of rotatable bonds is 3. The Morgan fingerprint density at radius 1 is 0.759 bits per heavy atom. The number of esters is 1. The third-order valence-corrected chi connectivity index (χ3v) is 4.42. The van der Waals surface area contributed by atoms with Crippen molar-refractivity contribution in [3.05, 3.63) is 101 Å². The Hall–Kier alpha value is -3.67. The molecule has 0 bridgehead atoms. The van der Waals surface area contributed by atoms with Gasteiger partial charge in [-0.15, -0.1) is 0 Å². The molecule has 3 nitrogen and oxygen atoms in total. The lowest BCUT2D eigenvalue weighted by Crippen LogP contribution is -2.08. The number of halogens is 3. The maximum Gasteiger partial charge on any atom is 0.416 e. The van der Waals surface area contributed by atoms with Crippen LogP contribution in [0.2, 0.25) is 0 Å². The van der Waals surface area contributed by atoms with Crippen molar-refractivity contribution in [2.24, 2.45) is 4.99 Å². The molecule has 0 atom stereocenters. The van der Waals surface area contributed by atoms with Gasteiger partial charge in [0.15, 0.2) is 5.70 Å². The molecule has 4 rings (SSSR count). The van der Waals surface area contributed by atoms with E-state index in [1.807, 2.05) is 42.5 Å². The Morgan fingerprint density at radius 2 is 1.34 bits per heavy atom. The highest BCUT2D eigenvalue weighted by molar-refractivity contribution is 6.13. The molecule has 0 aromatic heterocycles. The van der Waals surface area contributed by atoms with Crippen molar-refractivity contribution < 1.29 is 22.7 Å². The molecule has 0 saturated carbocycles. The number of aliphatic imine (C=N–C) groups is 1. The molecule has 29 heavy (non-hydrogen) atoms. The second-order valence-corrected chi connectivity index (χ2v) is 6.36. The van der Waals surface area contributed by atoms with Gasteiger partial charge in [0.25, 0.3) is 0 Å². The van der Waals surface area contributed by atoms with Crippen molar-refractivity contribution in [3.63, 3.8) is 0 Å². The highest BCUT2D eigenvalue weighted by atomic mass is 19.4. The van der Waals surface area contributed by atoms with Gasteiger partial charge in [0.1, 0.15) is 0 Å². The molecule has 0 spiro atoms. The molecule has 0 amide bonds. The van der Waals surface area contributed by atoms with Gasteiger partial charge in [0, 0.05) is 5.56 Å². The van der Waals surface area contributed by atoms with Crippen LogP contribution in [0.1, 0.15) is 16.7 Å². The van der Waals surface area contributed by atoms with Gasteiger partial charge in [-0.1, -0.05) is 60.7 Å². The van der Waals surface area contributed by atoms with E-state index in [-0.39, 0.29) is 17.2 Å². The number of hydrogen-bond acceptors (Lipinski definition) is 3. The Kier molecular flexibility index (Phi) is 4.76. The van der Waals surface area contributed by atoms with Crippen molar-refractivity contribution in [3.8, 4) is 11.1 Å². The van der Waals surface area contributed by atoms with Crippen LogP contribution in [0.4, 0.5) is 13.2 Å². The molecule has 3 aromatic carbocycles. The summed E-state index contributed by atoms with van der Waals surface area (Å²) in [4.78, 5) is 16.2. The zero-order valence-corrected chi connectivity index (χ0v) is 15.0. The highest BCUT2D eigenvalue weighted by Crippen LogP contribution is 2.33. The first-order valence-electron chi connectivity index (χ1n) is 8.76. The summed E-state index contributed by atoms with van der Waals surface area (Å²) in [6, 6.07) is 22.0. The predicted octanol–water partition coefficient (Wildman–Crippen LogP) is 5.72. The first-order chi connectivity index (χ1) is 13.9. The van der Waals surface area contributed by atoms with Crippen LogP contribution in [0.5, 0.6) is 0 Å². The maximum absolute atomic E-state index is 13.2. The van der Waals surface area contributed by atoms with Crippen molar-refractivity contribution in [1.82, 2.24) is 0 Å². The molecular weight excluding hydrogens is 379 g/mol. The van der Waals surface area contributed by atoms with E-state index in [0.717, 1.165) is 23.3 Å². The topological polar surface area (TPSA) is 38.7 Å². The van der Waals surface area contributed by atoms with Gasteiger partial charge >= 0.3 is 12.1 Å². The molecule has 1 aliphatic heterocycles. The van der Waals surface area contributed by atoms with E-state index in [1.165, 1.54) is 18.2 Å². The summed E-state index contributed by atoms with van der Waals surface area (Å²) in [6.07, 6.45) is -3.44. The van der Waals surface area contributed by atoms with E-state index in [9.17, 15) is 18.0 Å². The van der Waals surface area contributed by atoms with Crippen LogP contribution in [0, 0.1) is 0 Å². The smallest absolute Gasteiger partial charge is 0.402 e. The van der Waals surface area contributed by atoms with Gasteiger partial charge in [-0.25, -0.2) is 9.79 Å². The third-order valence-electron chi connectivity index (χ3n) is 4.42. The maximum atomic E-state index is 13.2. The summed E-state index contributed by atoms with van der Waals surface area (Å²) in [5, 5.41) is 0. The van der Waals surface area contributed by atoms with E-state index in [0.29, 0.717) is 5.56 Å². The molecule has 1 heterocycles. The molecule has 3 aromatic rings. The van der Waals surface area contributed by atoms with E-state index in [2.05, 4.69) is 4.99 Å². The summed E-state index contributed by atoms with van der Waals surface area (Å²) in [7, 11) is 0. The molecule has 0 unspecified atom stereocenters. The van der Waals surface area contributed by atoms with Crippen molar-refractivity contribution >= 4 is 17.9 Å². The number of nitrogens with zero attached hydrogens (tertiary/aromatic N) is 1. The number of ether oxygens (including phenoxy) is 1. The van der Waals surface area contributed by atoms with Crippen LogP contribution >= 0.6 is 0 Å². The van der Waals surface area contributed by atoms with Crippen LogP contribution in [0.15, 0.2) is 89.6 Å². The predicted molar refractivity (Wildman–Crippen MR) is 104 cm³/mol. The van der Waals surface area contributed by atoms with E-state index < -0.39 is 17.7 Å². The van der Waals surface area contributed by atoms with E-state index >= 15 is 0 Å². The monoisotopic (exact) mass is 393 g/mol. The van der Waals surface area contributed by atoms with Crippen LogP contribution in [0.25, 0.3) is 17.2 Å². The fourth-order valence-corrected chi connectivity index (χ4v) is 3.00. The molecule has 6 heteroatoms. The van der Waals surface area contributed by atoms with Gasteiger partial charge in [0.05, 0.1) is 5.56 Å². The Morgan fingerprint density at radius 3 is 2.03 bits per heavy atom. The van der Waals surface area contributed by atoms with Crippen molar-refractivity contribution in [2.45, 2.75) is 6.18 Å². The molecule has 0 saturated heterocycles. The minimum atomic E-state index is -4.53. The minimum absolute atomic E-state index is 0.0605. The number of carbonyl (C=O) groups excluding carboxylic acids is 1. The van der Waals surface area contributed by atoms with Crippen molar-refractivity contribution in [2.75, 3.05) is 0 Å². The third kappa shape index (κ3) is 3.96. The van der Waals surface area contributed by atoms with Gasteiger partial charge in [-0.05, 0) is 41.0 Å². The van der Waals surface area contributed by atoms with E-state index in [4.69, 9.17) is 4.74 Å². The molecular formula is C23H14F3NO2. The zero-order valence-electron chi connectivity index (χ0n) is 15.0.